The average Bonchev–Trinajstić information content (AvgIpc) is 2.71. The number of aliphatic hydroxyl groups excluding tert-OH is 1. The lowest BCUT2D eigenvalue weighted by Crippen LogP contribution is -2.48. The number of carbonyl (C=O) groups is 1. The average molecular weight is 505 g/mol. The van der Waals surface area contributed by atoms with Crippen LogP contribution in [0.2, 0.25) is 0 Å². The predicted molar refractivity (Wildman–Crippen MR) is 120 cm³/mol. The van der Waals surface area contributed by atoms with Gasteiger partial charge in [-0.1, -0.05) is 12.1 Å². The quantitative estimate of drug-likeness (QED) is 0.257. The number of hydrogen-bond donors (Lipinski definition) is 2. The summed E-state index contributed by atoms with van der Waals surface area (Å²) in [6, 6.07) is 7.35. The Morgan fingerprint density at radius 3 is 2.89 bits per heavy atom. The molecule has 0 saturated carbocycles. The SMILES string of the molecule is CCNC(=NCC(O)c1cccc(OC)c1)N1CCCC(C(=O)OCC)C1.I. The van der Waals surface area contributed by atoms with E-state index in [-0.39, 0.29) is 42.4 Å². The Hall–Kier alpha value is -1.55. The van der Waals surface area contributed by atoms with Crippen LogP contribution < -0.4 is 10.1 Å². The van der Waals surface area contributed by atoms with Crippen molar-refractivity contribution in [1.29, 1.82) is 0 Å². The summed E-state index contributed by atoms with van der Waals surface area (Å²) >= 11 is 0. The lowest BCUT2D eigenvalue weighted by Gasteiger charge is -2.34. The van der Waals surface area contributed by atoms with Crippen molar-refractivity contribution < 1.29 is 19.4 Å². The Morgan fingerprint density at radius 2 is 2.21 bits per heavy atom. The maximum absolute atomic E-state index is 12.1. The molecule has 7 nitrogen and oxygen atoms in total. The Morgan fingerprint density at radius 1 is 1.43 bits per heavy atom. The van der Waals surface area contributed by atoms with Crippen molar-refractivity contribution in [3.05, 3.63) is 29.8 Å². The van der Waals surface area contributed by atoms with Gasteiger partial charge >= 0.3 is 5.97 Å². The molecule has 1 aliphatic rings. The molecule has 1 fully saturated rings. The third-order valence-corrected chi connectivity index (χ3v) is 4.57. The van der Waals surface area contributed by atoms with E-state index in [4.69, 9.17) is 9.47 Å². The zero-order valence-electron chi connectivity index (χ0n) is 16.9. The summed E-state index contributed by atoms with van der Waals surface area (Å²) in [4.78, 5) is 18.7. The van der Waals surface area contributed by atoms with Gasteiger partial charge in [0.25, 0.3) is 0 Å². The number of likely N-dealkylation sites (tertiary alicyclic amines) is 1. The molecule has 2 atom stereocenters. The fourth-order valence-corrected chi connectivity index (χ4v) is 3.17. The number of rotatable bonds is 7. The van der Waals surface area contributed by atoms with Gasteiger partial charge in [0, 0.05) is 19.6 Å². The number of methoxy groups -OCH3 is 1. The zero-order chi connectivity index (χ0) is 19.6. The van der Waals surface area contributed by atoms with E-state index >= 15 is 0 Å². The molecule has 158 valence electrons. The van der Waals surface area contributed by atoms with Crippen molar-refractivity contribution in [3.8, 4) is 5.75 Å². The summed E-state index contributed by atoms with van der Waals surface area (Å²) in [7, 11) is 1.60. The molecule has 0 aromatic heterocycles. The van der Waals surface area contributed by atoms with Crippen LogP contribution in [0.15, 0.2) is 29.3 Å². The van der Waals surface area contributed by atoms with E-state index in [0.29, 0.717) is 31.4 Å². The van der Waals surface area contributed by atoms with Crippen LogP contribution in [-0.4, -0.2) is 61.8 Å². The van der Waals surface area contributed by atoms with Gasteiger partial charge < -0.3 is 24.8 Å². The topological polar surface area (TPSA) is 83.4 Å². The number of nitrogens with zero attached hydrogens (tertiary/aromatic N) is 2. The van der Waals surface area contributed by atoms with E-state index in [2.05, 4.69) is 15.2 Å². The van der Waals surface area contributed by atoms with Crippen molar-refractivity contribution in [2.24, 2.45) is 10.9 Å². The van der Waals surface area contributed by atoms with Crippen LogP contribution in [0, 0.1) is 5.92 Å². The first-order valence-corrected chi connectivity index (χ1v) is 9.60. The minimum absolute atomic E-state index is 0. The summed E-state index contributed by atoms with van der Waals surface area (Å²) in [5.41, 5.74) is 0.761. The number of nitrogens with one attached hydrogen (secondary N) is 1. The first kappa shape index (κ1) is 24.5. The molecule has 0 spiro atoms. The number of piperidine rings is 1. The van der Waals surface area contributed by atoms with Crippen molar-refractivity contribution in [2.75, 3.05) is 39.9 Å². The van der Waals surface area contributed by atoms with Gasteiger partial charge in [0.05, 0.1) is 32.3 Å². The number of ether oxygens (including phenoxy) is 2. The molecule has 1 aliphatic heterocycles. The number of aliphatic hydroxyl groups is 1. The van der Waals surface area contributed by atoms with Gasteiger partial charge in [0.2, 0.25) is 0 Å². The molecule has 1 saturated heterocycles. The van der Waals surface area contributed by atoms with E-state index in [1.165, 1.54) is 0 Å². The summed E-state index contributed by atoms with van der Waals surface area (Å²) in [5.74, 6) is 1.14. The summed E-state index contributed by atoms with van der Waals surface area (Å²) in [6.45, 7) is 6.59. The first-order chi connectivity index (χ1) is 13.1. The zero-order valence-corrected chi connectivity index (χ0v) is 19.2. The third kappa shape index (κ3) is 7.12. The molecular weight excluding hydrogens is 473 g/mol. The second-order valence-corrected chi connectivity index (χ2v) is 6.52. The molecule has 0 aliphatic carbocycles. The van der Waals surface area contributed by atoms with Gasteiger partial charge in [-0.2, -0.15) is 0 Å². The highest BCUT2D eigenvalue weighted by Gasteiger charge is 2.28. The van der Waals surface area contributed by atoms with E-state index in [0.717, 1.165) is 24.9 Å². The summed E-state index contributed by atoms with van der Waals surface area (Å²) in [6.07, 6.45) is 1.02. The normalized spacial score (nSPS) is 18.1. The molecule has 0 radical (unpaired) electrons. The molecule has 0 amide bonds. The van der Waals surface area contributed by atoms with Crippen LogP contribution in [0.1, 0.15) is 38.4 Å². The summed E-state index contributed by atoms with van der Waals surface area (Å²) in [5, 5.41) is 13.7. The molecule has 0 bridgehead atoms. The van der Waals surface area contributed by atoms with E-state index in [1.807, 2.05) is 38.1 Å². The monoisotopic (exact) mass is 505 g/mol. The standard InChI is InChI=1S/C20H31N3O4.HI/c1-4-21-20(23-11-7-9-16(14-23)19(25)27-5-2)22-13-18(24)15-8-6-10-17(12-15)26-3;/h6,8,10,12,16,18,24H,4-5,7,9,11,13-14H2,1-3H3,(H,21,22);1H. The van der Waals surface area contributed by atoms with Gasteiger partial charge in [-0.3, -0.25) is 9.79 Å². The molecule has 1 heterocycles. The number of benzene rings is 1. The van der Waals surface area contributed by atoms with Crippen LogP contribution in [0.25, 0.3) is 0 Å². The largest absolute Gasteiger partial charge is 0.497 e. The molecule has 2 rings (SSSR count). The van der Waals surface area contributed by atoms with Gasteiger partial charge in [-0.15, -0.1) is 24.0 Å². The maximum atomic E-state index is 12.1. The van der Waals surface area contributed by atoms with Crippen molar-refractivity contribution >= 4 is 35.9 Å². The highest BCUT2D eigenvalue weighted by molar-refractivity contribution is 14.0. The number of hydrogen-bond acceptors (Lipinski definition) is 5. The second-order valence-electron chi connectivity index (χ2n) is 6.52. The second kappa shape index (κ2) is 12.8. The number of halogens is 1. The number of guanidine groups is 1. The van der Waals surface area contributed by atoms with Crippen molar-refractivity contribution in [2.45, 2.75) is 32.8 Å². The van der Waals surface area contributed by atoms with Gasteiger partial charge in [0.1, 0.15) is 5.75 Å². The fraction of sp³-hybridized carbons (Fsp3) is 0.600. The van der Waals surface area contributed by atoms with Crippen LogP contribution in [0.3, 0.4) is 0 Å². The van der Waals surface area contributed by atoms with Crippen molar-refractivity contribution in [3.63, 3.8) is 0 Å². The first-order valence-electron chi connectivity index (χ1n) is 9.60. The number of aliphatic imine (C=N–C) groups is 1. The molecule has 2 unspecified atom stereocenters. The minimum Gasteiger partial charge on any atom is -0.497 e. The molecular formula is C20H32IN3O4. The van der Waals surface area contributed by atoms with Crippen LogP contribution in [-0.2, 0) is 9.53 Å². The van der Waals surface area contributed by atoms with Crippen LogP contribution >= 0.6 is 24.0 Å². The van der Waals surface area contributed by atoms with Gasteiger partial charge in [-0.05, 0) is 44.4 Å². The molecule has 2 N–H and O–H groups in total. The Labute approximate surface area is 184 Å². The van der Waals surface area contributed by atoms with E-state index in [9.17, 15) is 9.90 Å². The lowest BCUT2D eigenvalue weighted by molar-refractivity contribution is -0.149. The van der Waals surface area contributed by atoms with Crippen molar-refractivity contribution in [1.82, 2.24) is 10.2 Å². The van der Waals surface area contributed by atoms with Crippen LogP contribution in [0.5, 0.6) is 5.75 Å². The van der Waals surface area contributed by atoms with Gasteiger partial charge in [-0.25, -0.2) is 0 Å². The smallest absolute Gasteiger partial charge is 0.310 e. The predicted octanol–water partition coefficient (Wildman–Crippen LogP) is 2.59. The van der Waals surface area contributed by atoms with Crippen LogP contribution in [0.4, 0.5) is 0 Å². The molecule has 1 aromatic rings. The Bertz CT molecular complexity index is 642. The lowest BCUT2D eigenvalue weighted by atomic mass is 9.98. The highest BCUT2D eigenvalue weighted by Crippen LogP contribution is 2.21. The molecule has 28 heavy (non-hydrogen) atoms. The van der Waals surface area contributed by atoms with E-state index < -0.39 is 6.10 Å². The molecule has 1 aromatic carbocycles. The number of esters is 1. The third-order valence-electron chi connectivity index (χ3n) is 4.57. The maximum Gasteiger partial charge on any atom is 0.310 e. The molecule has 8 heteroatoms. The minimum atomic E-state index is -0.723. The Balaban J connectivity index is 0.00000392. The highest BCUT2D eigenvalue weighted by atomic mass is 127. The number of carbonyl (C=O) groups excluding carboxylic acids is 1. The fourth-order valence-electron chi connectivity index (χ4n) is 3.17. The van der Waals surface area contributed by atoms with Gasteiger partial charge in [0.15, 0.2) is 5.96 Å². The Kier molecular flexibility index (Phi) is 11.2. The summed E-state index contributed by atoms with van der Waals surface area (Å²) < 4.78 is 10.4. The van der Waals surface area contributed by atoms with E-state index in [1.54, 1.807) is 7.11 Å².